The zero-order chi connectivity index (χ0) is 28.9. The summed E-state index contributed by atoms with van der Waals surface area (Å²) in [7, 11) is -0.104. The monoisotopic (exact) mass is 578 g/mol. The molecule has 1 aliphatic carbocycles. The van der Waals surface area contributed by atoms with Gasteiger partial charge in [-0.3, -0.25) is 13.8 Å². The molecule has 2 aliphatic rings. The minimum Gasteiger partial charge on any atom is -0.487 e. The predicted octanol–water partition coefficient (Wildman–Crippen LogP) is 5.06. The molecule has 2 unspecified atom stereocenters. The first-order chi connectivity index (χ1) is 19.7. The van der Waals surface area contributed by atoms with Crippen LogP contribution in [0.1, 0.15) is 64.5 Å². The van der Waals surface area contributed by atoms with Gasteiger partial charge < -0.3 is 9.47 Å². The molecule has 1 aliphatic heterocycles. The summed E-state index contributed by atoms with van der Waals surface area (Å²) in [5, 5.41) is 13.0. The van der Waals surface area contributed by atoms with Gasteiger partial charge in [0.2, 0.25) is 0 Å². The highest BCUT2D eigenvalue weighted by molar-refractivity contribution is 8.22. The largest absolute Gasteiger partial charge is 0.487 e. The number of aryl methyl sites for hydroxylation is 2. The Morgan fingerprint density at radius 1 is 1.20 bits per heavy atom. The summed E-state index contributed by atoms with van der Waals surface area (Å²) in [6.45, 7) is 4.68. The van der Waals surface area contributed by atoms with Crippen LogP contribution in [0.15, 0.2) is 59.8 Å². The zero-order valence-corrected chi connectivity index (χ0v) is 24.3. The second-order valence-electron chi connectivity index (χ2n) is 10.7. The molecule has 0 saturated heterocycles. The fraction of sp³-hybridized carbons (Fsp3) is 0.379. The second-order valence-corrected chi connectivity index (χ2v) is 12.7. The van der Waals surface area contributed by atoms with Gasteiger partial charge in [0.05, 0.1) is 36.9 Å². The molecule has 3 heterocycles. The molecule has 0 bridgehead atoms. The van der Waals surface area contributed by atoms with Gasteiger partial charge in [-0.05, 0) is 55.2 Å². The molecule has 4 aromatic rings. The zero-order valence-electron chi connectivity index (χ0n) is 23.5. The van der Waals surface area contributed by atoms with Crippen LogP contribution in [-0.4, -0.2) is 63.9 Å². The van der Waals surface area contributed by atoms with Gasteiger partial charge in [-0.2, -0.15) is 9.40 Å². The Morgan fingerprint density at radius 2 is 2.00 bits per heavy atom. The van der Waals surface area contributed by atoms with Gasteiger partial charge in [-0.1, -0.05) is 30.3 Å². The third-order valence-electron chi connectivity index (χ3n) is 7.94. The van der Waals surface area contributed by atoms with Gasteiger partial charge in [-0.25, -0.2) is 9.48 Å². The van der Waals surface area contributed by atoms with E-state index < -0.39 is 16.7 Å². The van der Waals surface area contributed by atoms with Crippen LogP contribution in [0.2, 0.25) is 0 Å². The molecule has 1 saturated carbocycles. The molecular weight excluding hydrogens is 544 g/mol. The highest BCUT2D eigenvalue weighted by Crippen LogP contribution is 2.58. The summed E-state index contributed by atoms with van der Waals surface area (Å²) in [5.41, 5.74) is 4.77. The summed E-state index contributed by atoms with van der Waals surface area (Å²) in [5.74, 6) is 0.227. The molecule has 3 atom stereocenters. The molecule has 11 nitrogen and oxygen atoms in total. The number of rotatable bonds is 7. The Balaban J connectivity index is 1.36. The van der Waals surface area contributed by atoms with E-state index in [1.807, 2.05) is 51.4 Å². The standard InChI is InChI=1S/C29H34N6O5S/c1-5-21-16-34(41(37,38)27-9-7-6-8-26(27)40-21)15-19-12-20(11-10-18(19)2)35-28(24(14-30-35)29(36)39-4)23-13-22(23)25-17-33(3)32-31-25/h6-12,14,17,21-23,37-38H,5,13,15-16H2,1-4H3/t21-,22?,23?/m1/s1. The van der Waals surface area contributed by atoms with Crippen molar-refractivity contribution in [1.82, 2.24) is 29.1 Å². The van der Waals surface area contributed by atoms with Crippen molar-refractivity contribution in [3.63, 3.8) is 0 Å². The van der Waals surface area contributed by atoms with Crippen molar-refractivity contribution in [3.05, 3.63) is 82.9 Å². The number of aromatic nitrogens is 5. The second kappa shape index (κ2) is 10.6. The molecule has 216 valence electrons. The van der Waals surface area contributed by atoms with Crippen LogP contribution in [0.5, 0.6) is 5.75 Å². The van der Waals surface area contributed by atoms with Crippen LogP contribution in [0, 0.1) is 6.92 Å². The Hall–Kier alpha value is -3.71. The first-order valence-corrected chi connectivity index (χ1v) is 15.1. The number of carbonyl (C=O) groups is 1. The van der Waals surface area contributed by atoms with E-state index in [1.54, 1.807) is 38.1 Å². The van der Waals surface area contributed by atoms with E-state index in [0.29, 0.717) is 29.3 Å². The molecular formula is C29H34N6O5S. The summed E-state index contributed by atoms with van der Waals surface area (Å²) in [6, 6.07) is 13.1. The highest BCUT2D eigenvalue weighted by Gasteiger charge is 2.46. The number of hydrogen-bond donors (Lipinski definition) is 2. The van der Waals surface area contributed by atoms with E-state index in [9.17, 15) is 13.9 Å². The minimum absolute atomic E-state index is 0.0320. The number of benzene rings is 2. The lowest BCUT2D eigenvalue weighted by Gasteiger charge is -2.42. The maximum absolute atomic E-state index is 12.7. The van der Waals surface area contributed by atoms with E-state index in [0.717, 1.165) is 41.0 Å². The van der Waals surface area contributed by atoms with Crippen molar-refractivity contribution in [2.24, 2.45) is 7.05 Å². The van der Waals surface area contributed by atoms with E-state index in [1.165, 1.54) is 7.11 Å². The number of methoxy groups -OCH3 is 1. The van der Waals surface area contributed by atoms with Gasteiger partial charge >= 0.3 is 5.97 Å². The average molecular weight is 579 g/mol. The molecule has 0 radical (unpaired) electrons. The van der Waals surface area contributed by atoms with Crippen LogP contribution >= 0.6 is 10.8 Å². The van der Waals surface area contributed by atoms with Crippen molar-refractivity contribution in [3.8, 4) is 11.4 Å². The quantitative estimate of drug-likeness (QED) is 0.289. The number of nitrogens with zero attached hydrogens (tertiary/aromatic N) is 6. The lowest BCUT2D eigenvalue weighted by atomic mass is 10.1. The third-order valence-corrected chi connectivity index (χ3v) is 9.86. The van der Waals surface area contributed by atoms with E-state index in [4.69, 9.17) is 9.47 Å². The molecule has 2 N–H and O–H groups in total. The van der Waals surface area contributed by atoms with Crippen molar-refractivity contribution < 1.29 is 23.4 Å². The fourth-order valence-electron chi connectivity index (χ4n) is 5.52. The maximum atomic E-state index is 12.7. The molecule has 1 fully saturated rings. The van der Waals surface area contributed by atoms with Crippen LogP contribution in [0.4, 0.5) is 0 Å². The number of ether oxygens (including phenoxy) is 2. The van der Waals surface area contributed by atoms with Crippen molar-refractivity contribution in [2.75, 3.05) is 13.7 Å². The van der Waals surface area contributed by atoms with Crippen molar-refractivity contribution >= 4 is 16.7 Å². The molecule has 0 spiro atoms. The van der Waals surface area contributed by atoms with E-state index in [2.05, 4.69) is 15.4 Å². The van der Waals surface area contributed by atoms with Crippen LogP contribution in [0.25, 0.3) is 5.69 Å². The SMILES string of the molecule is CC[C@@H]1CN(Cc2cc(-n3ncc(C(=O)OC)c3C3CC3c3cn(C)nn3)ccc2C)S(O)(O)c2ccccc2O1. The lowest BCUT2D eigenvalue weighted by molar-refractivity contribution is 0.0599. The Kier molecular flexibility index (Phi) is 7.10. The molecule has 6 rings (SSSR count). The summed E-state index contributed by atoms with van der Waals surface area (Å²) >= 11 is 0. The maximum Gasteiger partial charge on any atom is 0.341 e. The van der Waals surface area contributed by atoms with Crippen LogP contribution in [-0.2, 0) is 18.3 Å². The Bertz CT molecular complexity index is 1600. The molecule has 2 aromatic heterocycles. The number of fused-ring (bicyclic) bond motifs is 1. The summed E-state index contributed by atoms with van der Waals surface area (Å²) in [4.78, 5) is 13.1. The lowest BCUT2D eigenvalue weighted by Crippen LogP contribution is -2.34. The molecule has 2 aromatic carbocycles. The van der Waals surface area contributed by atoms with Crippen LogP contribution in [0.3, 0.4) is 0 Å². The first kappa shape index (κ1) is 27.5. The van der Waals surface area contributed by atoms with Gasteiger partial charge in [0.1, 0.15) is 22.3 Å². The Morgan fingerprint density at radius 3 is 2.73 bits per heavy atom. The highest BCUT2D eigenvalue weighted by atomic mass is 32.3. The molecule has 41 heavy (non-hydrogen) atoms. The third kappa shape index (κ3) is 5.01. The van der Waals surface area contributed by atoms with E-state index >= 15 is 0 Å². The van der Waals surface area contributed by atoms with Crippen LogP contribution < -0.4 is 4.74 Å². The molecule has 12 heteroatoms. The Labute approximate surface area is 240 Å². The number of carbonyl (C=O) groups excluding carboxylic acids is 1. The van der Waals surface area contributed by atoms with Gasteiger partial charge in [-0.15, -0.1) is 15.9 Å². The summed E-state index contributed by atoms with van der Waals surface area (Å²) in [6.07, 6.45) is 4.80. The van der Waals surface area contributed by atoms with Gasteiger partial charge in [0.25, 0.3) is 0 Å². The smallest absolute Gasteiger partial charge is 0.341 e. The van der Waals surface area contributed by atoms with Gasteiger partial charge in [0.15, 0.2) is 0 Å². The number of para-hydroxylation sites is 1. The van der Waals surface area contributed by atoms with E-state index in [-0.39, 0.29) is 17.9 Å². The minimum atomic E-state index is -3.30. The normalized spacial score (nSPS) is 22.3. The number of hydrogen-bond acceptors (Lipinski definition) is 9. The summed E-state index contributed by atoms with van der Waals surface area (Å²) < 4.78 is 39.4. The molecule has 0 amide bonds. The average Bonchev–Trinajstić information content (AvgIpc) is 3.45. The number of esters is 1. The van der Waals surface area contributed by atoms with Gasteiger partial charge in [0, 0.05) is 31.6 Å². The van der Waals surface area contributed by atoms with Crippen molar-refractivity contribution in [2.45, 2.75) is 56.1 Å². The first-order valence-electron chi connectivity index (χ1n) is 13.6. The fourth-order valence-corrected chi connectivity index (χ4v) is 7.14. The topological polar surface area (TPSA) is 128 Å². The predicted molar refractivity (Wildman–Crippen MR) is 153 cm³/mol. The van der Waals surface area contributed by atoms with Crippen molar-refractivity contribution in [1.29, 1.82) is 0 Å².